The van der Waals surface area contributed by atoms with Crippen molar-refractivity contribution in [3.8, 4) is 0 Å². The summed E-state index contributed by atoms with van der Waals surface area (Å²) in [5.41, 5.74) is 0.225. The molecule has 0 aliphatic heterocycles. The zero-order valence-corrected chi connectivity index (χ0v) is 14.1. The second-order valence-electron chi connectivity index (χ2n) is 6.27. The lowest BCUT2D eigenvalue weighted by Gasteiger charge is -2.36. The van der Waals surface area contributed by atoms with E-state index in [9.17, 15) is 9.90 Å². The van der Waals surface area contributed by atoms with Gasteiger partial charge < -0.3 is 5.11 Å². The quantitative estimate of drug-likeness (QED) is 0.450. The predicted molar refractivity (Wildman–Crippen MR) is 86.8 cm³/mol. The minimum absolute atomic E-state index is 0.276. The monoisotopic (exact) mass is 280 g/mol. The van der Waals surface area contributed by atoms with Gasteiger partial charge in [-0.2, -0.15) is 0 Å². The molecule has 0 radical (unpaired) electrons. The molecule has 1 unspecified atom stereocenters. The van der Waals surface area contributed by atoms with Gasteiger partial charge in [0.1, 0.15) is 0 Å². The summed E-state index contributed by atoms with van der Waals surface area (Å²) in [4.78, 5) is 11.7. The van der Waals surface area contributed by atoms with Crippen LogP contribution in [-0.2, 0) is 4.79 Å². The Morgan fingerprint density at radius 3 is 2.10 bits per heavy atom. The highest BCUT2D eigenvalue weighted by Gasteiger charge is 2.38. The molecule has 0 aromatic carbocycles. The van der Waals surface area contributed by atoms with Gasteiger partial charge in [-0.25, -0.2) is 4.79 Å². The van der Waals surface area contributed by atoms with Gasteiger partial charge in [0.15, 0.2) is 0 Å². The Kier molecular flexibility index (Phi) is 8.52. The molecule has 1 atom stereocenters. The van der Waals surface area contributed by atoms with Crippen LogP contribution in [0.3, 0.4) is 0 Å². The standard InChI is InChI=1S/C18H32O2/c1-7-9-12-18(15(5)6,13-11-14(3)4)16(10-8-2)17(19)20/h9-10,12,14-15H,7-8,11,13H2,1-6H3,(H,19,20). The third-order valence-electron chi connectivity index (χ3n) is 3.96. The number of hydrogen-bond acceptors (Lipinski definition) is 1. The van der Waals surface area contributed by atoms with Gasteiger partial charge in [0, 0.05) is 11.0 Å². The molecule has 0 aliphatic rings. The van der Waals surface area contributed by atoms with E-state index in [2.05, 4.69) is 46.8 Å². The molecule has 0 rings (SSSR count). The van der Waals surface area contributed by atoms with Crippen molar-refractivity contribution in [1.82, 2.24) is 0 Å². The van der Waals surface area contributed by atoms with Crippen LogP contribution in [0.2, 0.25) is 0 Å². The Hall–Kier alpha value is -1.05. The number of hydrogen-bond donors (Lipinski definition) is 1. The largest absolute Gasteiger partial charge is 0.478 e. The molecule has 0 spiro atoms. The van der Waals surface area contributed by atoms with E-state index in [0.717, 1.165) is 25.7 Å². The van der Waals surface area contributed by atoms with Crippen molar-refractivity contribution in [3.05, 3.63) is 23.8 Å². The number of aliphatic carboxylic acids is 1. The summed E-state index contributed by atoms with van der Waals surface area (Å²) >= 11 is 0. The molecule has 20 heavy (non-hydrogen) atoms. The highest BCUT2D eigenvalue weighted by atomic mass is 16.4. The van der Waals surface area contributed by atoms with Gasteiger partial charge in [0.2, 0.25) is 0 Å². The van der Waals surface area contributed by atoms with Crippen molar-refractivity contribution in [2.45, 2.75) is 67.2 Å². The number of carbonyl (C=O) groups is 1. The highest BCUT2D eigenvalue weighted by Crippen LogP contribution is 2.43. The van der Waals surface area contributed by atoms with Crippen LogP contribution in [0.5, 0.6) is 0 Å². The van der Waals surface area contributed by atoms with Gasteiger partial charge in [0.25, 0.3) is 0 Å². The van der Waals surface area contributed by atoms with Crippen LogP contribution in [0.1, 0.15) is 67.2 Å². The fraction of sp³-hybridized carbons (Fsp3) is 0.722. The molecule has 0 saturated carbocycles. The average molecular weight is 280 g/mol. The van der Waals surface area contributed by atoms with E-state index in [1.807, 2.05) is 13.0 Å². The van der Waals surface area contributed by atoms with E-state index in [1.165, 1.54) is 0 Å². The predicted octanol–water partition coefficient (Wildman–Crippen LogP) is 5.45. The summed E-state index contributed by atoms with van der Waals surface area (Å²) in [7, 11) is 0. The smallest absolute Gasteiger partial charge is 0.332 e. The first-order valence-corrected chi connectivity index (χ1v) is 7.93. The fourth-order valence-corrected chi connectivity index (χ4v) is 2.64. The van der Waals surface area contributed by atoms with Crippen LogP contribution in [0.4, 0.5) is 0 Å². The van der Waals surface area contributed by atoms with Gasteiger partial charge in [-0.1, -0.05) is 59.8 Å². The van der Waals surface area contributed by atoms with Crippen LogP contribution in [0.15, 0.2) is 23.8 Å². The van der Waals surface area contributed by atoms with E-state index >= 15 is 0 Å². The minimum atomic E-state index is -0.773. The molecule has 0 fully saturated rings. The number of carboxylic acids is 1. The van der Waals surface area contributed by atoms with E-state index < -0.39 is 5.97 Å². The molecule has 0 heterocycles. The van der Waals surface area contributed by atoms with Gasteiger partial charge in [-0.05, 0) is 37.5 Å². The number of allylic oxidation sites excluding steroid dienone is 3. The van der Waals surface area contributed by atoms with Crippen LogP contribution < -0.4 is 0 Å². The highest BCUT2D eigenvalue weighted by molar-refractivity contribution is 5.88. The summed E-state index contributed by atoms with van der Waals surface area (Å²) in [6, 6.07) is 0. The van der Waals surface area contributed by atoms with Gasteiger partial charge in [0.05, 0.1) is 0 Å². The molecular weight excluding hydrogens is 248 g/mol. The first kappa shape index (κ1) is 18.9. The summed E-state index contributed by atoms with van der Waals surface area (Å²) in [5, 5.41) is 9.65. The second kappa shape index (κ2) is 8.99. The molecule has 2 nitrogen and oxygen atoms in total. The van der Waals surface area contributed by atoms with Gasteiger partial charge in [-0.3, -0.25) is 0 Å². The Labute approximate surface area is 125 Å². The molecule has 2 heteroatoms. The van der Waals surface area contributed by atoms with Gasteiger partial charge in [-0.15, -0.1) is 0 Å². The topological polar surface area (TPSA) is 37.3 Å². The fourth-order valence-electron chi connectivity index (χ4n) is 2.64. The zero-order chi connectivity index (χ0) is 15.8. The van der Waals surface area contributed by atoms with Crippen LogP contribution in [0, 0.1) is 17.3 Å². The van der Waals surface area contributed by atoms with Crippen LogP contribution in [0.25, 0.3) is 0 Å². The molecule has 0 aliphatic carbocycles. The zero-order valence-electron chi connectivity index (χ0n) is 14.1. The van der Waals surface area contributed by atoms with Crippen molar-refractivity contribution in [2.24, 2.45) is 17.3 Å². The van der Waals surface area contributed by atoms with Crippen molar-refractivity contribution in [1.29, 1.82) is 0 Å². The summed E-state index contributed by atoms with van der Waals surface area (Å²) < 4.78 is 0. The Bertz CT molecular complexity index is 350. The number of carboxylic acid groups (broad SMARTS) is 1. The van der Waals surface area contributed by atoms with E-state index in [1.54, 1.807) is 0 Å². The van der Waals surface area contributed by atoms with Gasteiger partial charge >= 0.3 is 5.97 Å². The molecule has 0 aromatic heterocycles. The maximum absolute atomic E-state index is 11.7. The first-order valence-electron chi connectivity index (χ1n) is 7.93. The summed E-state index contributed by atoms with van der Waals surface area (Å²) in [6.07, 6.45) is 9.80. The molecule has 116 valence electrons. The normalized spacial score (nSPS) is 16.1. The third kappa shape index (κ3) is 5.15. The Morgan fingerprint density at radius 1 is 1.15 bits per heavy atom. The molecule has 0 saturated heterocycles. The molecular formula is C18H32O2. The minimum Gasteiger partial charge on any atom is -0.478 e. The van der Waals surface area contributed by atoms with Crippen LogP contribution >= 0.6 is 0 Å². The average Bonchev–Trinajstić information content (AvgIpc) is 2.36. The molecule has 0 aromatic rings. The third-order valence-corrected chi connectivity index (χ3v) is 3.96. The van der Waals surface area contributed by atoms with E-state index in [0.29, 0.717) is 11.5 Å². The molecule has 1 N–H and O–H groups in total. The Balaban J connectivity index is 5.75. The Morgan fingerprint density at radius 2 is 1.75 bits per heavy atom. The first-order chi connectivity index (χ1) is 9.31. The van der Waals surface area contributed by atoms with Crippen molar-refractivity contribution >= 4 is 5.97 Å². The van der Waals surface area contributed by atoms with E-state index in [4.69, 9.17) is 0 Å². The van der Waals surface area contributed by atoms with Crippen molar-refractivity contribution < 1.29 is 9.90 Å². The second-order valence-corrected chi connectivity index (χ2v) is 6.27. The lowest BCUT2D eigenvalue weighted by atomic mass is 9.67. The van der Waals surface area contributed by atoms with Crippen LogP contribution in [-0.4, -0.2) is 11.1 Å². The SMILES string of the molecule is CCC=CC(CCC(C)C)(C(=CCC)C(=O)O)C(C)C. The maximum Gasteiger partial charge on any atom is 0.332 e. The summed E-state index contributed by atoms with van der Waals surface area (Å²) in [6.45, 7) is 12.7. The lowest BCUT2D eigenvalue weighted by molar-refractivity contribution is -0.134. The maximum atomic E-state index is 11.7. The molecule has 0 bridgehead atoms. The lowest BCUT2D eigenvalue weighted by Crippen LogP contribution is -2.32. The van der Waals surface area contributed by atoms with E-state index in [-0.39, 0.29) is 11.3 Å². The molecule has 0 amide bonds. The summed E-state index contributed by atoms with van der Waals surface area (Å²) in [5.74, 6) is 0.0860. The van der Waals surface area contributed by atoms with Crippen molar-refractivity contribution in [3.63, 3.8) is 0 Å². The van der Waals surface area contributed by atoms with Crippen molar-refractivity contribution in [2.75, 3.05) is 0 Å². The number of rotatable bonds is 9.